The largest absolute Gasteiger partial charge is 0.271 e. The van der Waals surface area contributed by atoms with Gasteiger partial charge in [0.15, 0.2) is 0 Å². The van der Waals surface area contributed by atoms with Gasteiger partial charge in [0.2, 0.25) is 0 Å². The van der Waals surface area contributed by atoms with Crippen LogP contribution in [-0.4, -0.2) is 9.78 Å². The molecule has 0 aliphatic heterocycles. The number of benzene rings is 1. The van der Waals surface area contributed by atoms with Gasteiger partial charge in [-0.25, -0.2) is 4.39 Å². The third-order valence-corrected chi connectivity index (χ3v) is 4.28. The molecule has 1 aromatic heterocycles. The highest BCUT2D eigenvalue weighted by molar-refractivity contribution is 9.10. The summed E-state index contributed by atoms with van der Waals surface area (Å²) < 4.78 is 16.0. The van der Waals surface area contributed by atoms with E-state index in [0.29, 0.717) is 15.9 Å². The monoisotopic (exact) mass is 374 g/mol. The summed E-state index contributed by atoms with van der Waals surface area (Å²) in [6.45, 7) is 2.00. The third kappa shape index (κ3) is 3.63. The summed E-state index contributed by atoms with van der Waals surface area (Å²) >= 11 is 9.63. The lowest BCUT2D eigenvalue weighted by Gasteiger charge is -2.17. The molecule has 0 saturated heterocycles. The van der Waals surface area contributed by atoms with Gasteiger partial charge in [-0.15, -0.1) is 0 Å². The molecule has 0 radical (unpaired) electrons. The molecule has 1 unspecified atom stereocenters. The smallest absolute Gasteiger partial charge is 0.124 e. The number of nitrogens with zero attached hydrogens (tertiary/aromatic N) is 2. The van der Waals surface area contributed by atoms with Crippen LogP contribution in [0.5, 0.6) is 0 Å². The second-order valence-electron chi connectivity index (χ2n) is 4.81. The Morgan fingerprint density at radius 1 is 1.48 bits per heavy atom. The van der Waals surface area contributed by atoms with Crippen molar-refractivity contribution in [2.75, 3.05) is 0 Å². The van der Waals surface area contributed by atoms with Gasteiger partial charge in [-0.1, -0.05) is 34.5 Å². The summed E-state index contributed by atoms with van der Waals surface area (Å²) in [5.41, 5.74) is 5.19. The van der Waals surface area contributed by atoms with Crippen LogP contribution in [0.1, 0.15) is 29.9 Å². The highest BCUT2D eigenvalue weighted by Gasteiger charge is 2.19. The minimum atomic E-state index is -0.315. The molecule has 0 aliphatic carbocycles. The molecule has 2 rings (SSSR count). The van der Waals surface area contributed by atoms with E-state index in [4.69, 9.17) is 17.4 Å². The molecule has 0 amide bonds. The van der Waals surface area contributed by atoms with Crippen molar-refractivity contribution in [3.8, 4) is 0 Å². The average Bonchev–Trinajstić information content (AvgIpc) is 2.70. The molecule has 0 aliphatic rings. The molecule has 21 heavy (non-hydrogen) atoms. The summed E-state index contributed by atoms with van der Waals surface area (Å²) in [6, 6.07) is 4.44. The van der Waals surface area contributed by atoms with Crippen molar-refractivity contribution < 1.29 is 4.39 Å². The fourth-order valence-corrected chi connectivity index (χ4v) is 3.14. The van der Waals surface area contributed by atoms with E-state index in [1.165, 1.54) is 12.1 Å². The predicted molar refractivity (Wildman–Crippen MR) is 85.5 cm³/mol. The molecule has 7 heteroatoms. The van der Waals surface area contributed by atoms with Crippen molar-refractivity contribution >= 4 is 27.5 Å². The van der Waals surface area contributed by atoms with E-state index in [1.54, 1.807) is 4.68 Å². The number of nitrogens with two attached hydrogens (primary N) is 1. The highest BCUT2D eigenvalue weighted by atomic mass is 79.9. The number of aryl methyl sites for hydroxylation is 2. The van der Waals surface area contributed by atoms with E-state index in [-0.39, 0.29) is 11.9 Å². The van der Waals surface area contributed by atoms with Crippen LogP contribution < -0.4 is 11.3 Å². The standard InChI is InChI=1S/C14H17BrClFN4/c1-3-11-14(16)13(21(2)20-11)7-12(19-18)8-4-9(15)6-10(17)5-8/h4-6,12,19H,3,7,18H2,1-2H3. The number of hydrogen-bond acceptors (Lipinski definition) is 3. The average molecular weight is 376 g/mol. The van der Waals surface area contributed by atoms with Crippen molar-refractivity contribution in [3.05, 3.63) is 50.5 Å². The van der Waals surface area contributed by atoms with Crippen LogP contribution >= 0.6 is 27.5 Å². The molecule has 4 nitrogen and oxygen atoms in total. The second-order valence-corrected chi connectivity index (χ2v) is 6.10. The Balaban J connectivity index is 2.33. The molecule has 0 spiro atoms. The highest BCUT2D eigenvalue weighted by Crippen LogP contribution is 2.27. The fraction of sp³-hybridized carbons (Fsp3) is 0.357. The maximum Gasteiger partial charge on any atom is 0.124 e. The fourth-order valence-electron chi connectivity index (χ4n) is 2.28. The van der Waals surface area contributed by atoms with Gasteiger partial charge >= 0.3 is 0 Å². The molecule has 114 valence electrons. The summed E-state index contributed by atoms with van der Waals surface area (Å²) in [6.07, 6.45) is 1.29. The molecule has 2 aromatic rings. The zero-order valence-corrected chi connectivity index (χ0v) is 14.2. The van der Waals surface area contributed by atoms with Crippen LogP contribution in [0.15, 0.2) is 22.7 Å². The Morgan fingerprint density at radius 2 is 2.19 bits per heavy atom. The van der Waals surface area contributed by atoms with Crippen LogP contribution in [0.25, 0.3) is 0 Å². The minimum Gasteiger partial charge on any atom is -0.271 e. The van der Waals surface area contributed by atoms with Crippen LogP contribution in [0.3, 0.4) is 0 Å². The molecule has 0 fully saturated rings. The SMILES string of the molecule is CCc1nn(C)c(CC(NN)c2cc(F)cc(Br)c2)c1Cl. The molecule has 1 heterocycles. The number of nitrogens with one attached hydrogen (secondary N) is 1. The minimum absolute atomic E-state index is 0.255. The van der Waals surface area contributed by atoms with Crippen LogP contribution in [-0.2, 0) is 19.9 Å². The van der Waals surface area contributed by atoms with Crippen LogP contribution in [0.2, 0.25) is 5.02 Å². The van der Waals surface area contributed by atoms with Crippen molar-refractivity contribution in [2.45, 2.75) is 25.8 Å². The lowest BCUT2D eigenvalue weighted by molar-refractivity contribution is 0.524. The van der Waals surface area contributed by atoms with E-state index in [9.17, 15) is 4.39 Å². The summed E-state index contributed by atoms with van der Waals surface area (Å²) in [7, 11) is 1.84. The van der Waals surface area contributed by atoms with Crippen molar-refractivity contribution in [1.82, 2.24) is 15.2 Å². The van der Waals surface area contributed by atoms with E-state index in [0.717, 1.165) is 23.4 Å². The van der Waals surface area contributed by atoms with Gasteiger partial charge in [-0.2, -0.15) is 5.10 Å². The molecule has 0 bridgehead atoms. The summed E-state index contributed by atoms with van der Waals surface area (Å²) in [4.78, 5) is 0. The van der Waals surface area contributed by atoms with E-state index in [1.807, 2.05) is 20.0 Å². The number of hydrogen-bond donors (Lipinski definition) is 2. The summed E-state index contributed by atoms with van der Waals surface area (Å²) in [5.74, 6) is 5.32. The molecular weight excluding hydrogens is 359 g/mol. The molecule has 1 aromatic carbocycles. The molecular formula is C14H17BrClFN4. The van der Waals surface area contributed by atoms with Gasteiger partial charge in [0.1, 0.15) is 5.82 Å². The number of hydrazine groups is 1. The Hall–Kier alpha value is -0.950. The molecule has 1 atom stereocenters. The van der Waals surface area contributed by atoms with Gasteiger partial charge in [-0.3, -0.25) is 16.0 Å². The normalized spacial score (nSPS) is 12.7. The first-order valence-electron chi connectivity index (χ1n) is 6.58. The zero-order valence-electron chi connectivity index (χ0n) is 11.8. The van der Waals surface area contributed by atoms with Crippen LogP contribution in [0, 0.1) is 5.82 Å². The quantitative estimate of drug-likeness (QED) is 0.623. The first-order chi connectivity index (χ1) is 9.96. The lowest BCUT2D eigenvalue weighted by Crippen LogP contribution is -2.30. The number of rotatable bonds is 5. The Kier molecular flexibility index (Phi) is 5.37. The van der Waals surface area contributed by atoms with Gasteiger partial charge in [0.25, 0.3) is 0 Å². The van der Waals surface area contributed by atoms with Gasteiger partial charge in [-0.05, 0) is 30.2 Å². The van der Waals surface area contributed by atoms with Crippen LogP contribution in [0.4, 0.5) is 4.39 Å². The first kappa shape index (κ1) is 16.4. The van der Waals surface area contributed by atoms with E-state index >= 15 is 0 Å². The summed E-state index contributed by atoms with van der Waals surface area (Å²) in [5, 5.41) is 5.03. The Bertz CT molecular complexity index is 624. The Labute approximate surface area is 136 Å². The van der Waals surface area contributed by atoms with Crippen molar-refractivity contribution in [2.24, 2.45) is 12.9 Å². The molecule has 0 saturated carbocycles. The lowest BCUT2D eigenvalue weighted by atomic mass is 10.0. The van der Waals surface area contributed by atoms with E-state index in [2.05, 4.69) is 26.5 Å². The van der Waals surface area contributed by atoms with Crippen molar-refractivity contribution in [3.63, 3.8) is 0 Å². The topological polar surface area (TPSA) is 55.9 Å². The zero-order chi connectivity index (χ0) is 15.6. The van der Waals surface area contributed by atoms with Gasteiger partial charge in [0.05, 0.1) is 22.5 Å². The first-order valence-corrected chi connectivity index (χ1v) is 7.75. The van der Waals surface area contributed by atoms with Gasteiger partial charge < -0.3 is 0 Å². The maximum absolute atomic E-state index is 13.5. The molecule has 3 N–H and O–H groups in total. The third-order valence-electron chi connectivity index (χ3n) is 3.39. The van der Waals surface area contributed by atoms with E-state index < -0.39 is 0 Å². The maximum atomic E-state index is 13.5. The Morgan fingerprint density at radius 3 is 2.71 bits per heavy atom. The predicted octanol–water partition coefficient (Wildman–Crippen LogP) is 3.28. The number of halogens is 3. The van der Waals surface area contributed by atoms with Gasteiger partial charge in [0, 0.05) is 17.9 Å². The second kappa shape index (κ2) is 6.87. The number of aromatic nitrogens is 2. The van der Waals surface area contributed by atoms with Crippen molar-refractivity contribution in [1.29, 1.82) is 0 Å².